The third-order valence-corrected chi connectivity index (χ3v) is 5.49. The molecule has 0 bridgehead atoms. The predicted octanol–water partition coefficient (Wildman–Crippen LogP) is 3.23. The van der Waals surface area contributed by atoms with Gasteiger partial charge in [0.05, 0.1) is 12.5 Å². The van der Waals surface area contributed by atoms with Crippen LogP contribution in [0.2, 0.25) is 0 Å². The summed E-state index contributed by atoms with van der Waals surface area (Å²) in [6.07, 6.45) is 2.95. The Morgan fingerprint density at radius 3 is 2.58 bits per heavy atom. The van der Waals surface area contributed by atoms with Crippen LogP contribution in [0.4, 0.5) is 0 Å². The van der Waals surface area contributed by atoms with Gasteiger partial charge in [0.15, 0.2) is 0 Å². The number of benzene rings is 1. The zero-order valence-electron chi connectivity index (χ0n) is 14.1. The number of rotatable bonds is 3. The van der Waals surface area contributed by atoms with Crippen molar-refractivity contribution < 1.29 is 9.21 Å². The van der Waals surface area contributed by atoms with Crippen molar-refractivity contribution >= 4 is 5.91 Å². The summed E-state index contributed by atoms with van der Waals surface area (Å²) in [4.78, 5) is 14.9. The number of nitrogens with zero attached hydrogens (tertiary/aromatic N) is 1. The molecule has 1 N–H and O–H groups in total. The lowest BCUT2D eigenvalue weighted by atomic mass is 9.82. The minimum absolute atomic E-state index is 0.00507. The maximum atomic E-state index is 12.5. The number of hydrogen-bond donors (Lipinski definition) is 1. The van der Waals surface area contributed by atoms with Gasteiger partial charge in [-0.15, -0.1) is 0 Å². The first-order valence-electron chi connectivity index (χ1n) is 8.78. The Kier molecular flexibility index (Phi) is 3.93. The van der Waals surface area contributed by atoms with E-state index in [1.54, 1.807) is 0 Å². The fourth-order valence-electron chi connectivity index (χ4n) is 4.10. The van der Waals surface area contributed by atoms with E-state index in [0.717, 1.165) is 56.0 Å². The van der Waals surface area contributed by atoms with E-state index in [0.29, 0.717) is 0 Å². The lowest BCUT2D eigenvalue weighted by Crippen LogP contribution is -2.50. The minimum atomic E-state index is -0.0207. The monoisotopic (exact) mass is 324 g/mol. The molecule has 2 saturated heterocycles. The van der Waals surface area contributed by atoms with Gasteiger partial charge in [-0.05, 0) is 43.9 Å². The Labute approximate surface area is 142 Å². The number of carbonyl (C=O) groups is 1. The van der Waals surface area contributed by atoms with Crippen molar-refractivity contribution in [3.8, 4) is 0 Å². The molecule has 0 saturated carbocycles. The standard InChI is InChI=1S/C20H24N2O2/c1-15-7-8-17(24-15)14-22-11-9-20(10-12-22)13-18(19(23)21-20)16-5-3-2-4-6-16/h2-8,18H,9-14H2,1H3,(H,21,23). The van der Waals surface area contributed by atoms with Crippen molar-refractivity contribution in [2.45, 2.75) is 44.2 Å². The highest BCUT2D eigenvalue weighted by molar-refractivity contribution is 5.87. The molecule has 126 valence electrons. The normalized spacial score (nSPS) is 23.5. The molecular formula is C20H24N2O2. The number of likely N-dealkylation sites (tertiary alicyclic amines) is 1. The van der Waals surface area contributed by atoms with Crippen LogP contribution in [-0.4, -0.2) is 29.4 Å². The predicted molar refractivity (Wildman–Crippen MR) is 92.6 cm³/mol. The summed E-state index contributed by atoms with van der Waals surface area (Å²) >= 11 is 0. The highest BCUT2D eigenvalue weighted by Crippen LogP contribution is 2.39. The zero-order chi connectivity index (χ0) is 16.6. The molecule has 4 rings (SSSR count). The highest BCUT2D eigenvalue weighted by Gasteiger charge is 2.46. The Bertz CT molecular complexity index is 714. The molecular weight excluding hydrogens is 300 g/mol. The second kappa shape index (κ2) is 6.10. The summed E-state index contributed by atoms with van der Waals surface area (Å²) in [6, 6.07) is 14.2. The first-order valence-corrected chi connectivity index (χ1v) is 8.78. The van der Waals surface area contributed by atoms with Crippen LogP contribution in [0.25, 0.3) is 0 Å². The van der Waals surface area contributed by atoms with E-state index in [1.165, 1.54) is 0 Å². The Morgan fingerprint density at radius 2 is 1.92 bits per heavy atom. The third-order valence-electron chi connectivity index (χ3n) is 5.49. The van der Waals surface area contributed by atoms with E-state index >= 15 is 0 Å². The molecule has 1 unspecified atom stereocenters. The quantitative estimate of drug-likeness (QED) is 0.943. The average Bonchev–Trinajstić information content (AvgIpc) is 3.14. The van der Waals surface area contributed by atoms with Crippen LogP contribution in [0.5, 0.6) is 0 Å². The molecule has 2 aliphatic heterocycles. The van der Waals surface area contributed by atoms with Gasteiger partial charge in [-0.25, -0.2) is 0 Å². The highest BCUT2D eigenvalue weighted by atomic mass is 16.3. The Hall–Kier alpha value is -2.07. The molecule has 2 aliphatic rings. The van der Waals surface area contributed by atoms with Gasteiger partial charge in [0.2, 0.25) is 5.91 Å². The number of amides is 1. The summed E-state index contributed by atoms with van der Waals surface area (Å²) < 4.78 is 5.68. The average molecular weight is 324 g/mol. The van der Waals surface area contributed by atoms with Crippen molar-refractivity contribution in [2.75, 3.05) is 13.1 Å². The first kappa shape index (κ1) is 15.5. The Balaban J connectivity index is 1.39. The summed E-state index contributed by atoms with van der Waals surface area (Å²) in [5.74, 6) is 2.19. The fourth-order valence-corrected chi connectivity index (χ4v) is 4.10. The van der Waals surface area contributed by atoms with Gasteiger partial charge in [0.1, 0.15) is 11.5 Å². The van der Waals surface area contributed by atoms with Gasteiger partial charge in [-0.2, -0.15) is 0 Å². The summed E-state index contributed by atoms with van der Waals surface area (Å²) in [5, 5.41) is 3.32. The van der Waals surface area contributed by atoms with Crippen LogP contribution >= 0.6 is 0 Å². The maximum Gasteiger partial charge on any atom is 0.228 e. The van der Waals surface area contributed by atoms with Crippen molar-refractivity contribution in [1.82, 2.24) is 10.2 Å². The molecule has 1 atom stereocenters. The smallest absolute Gasteiger partial charge is 0.228 e. The minimum Gasteiger partial charge on any atom is -0.465 e. The Morgan fingerprint density at radius 1 is 1.17 bits per heavy atom. The van der Waals surface area contributed by atoms with E-state index in [4.69, 9.17) is 4.42 Å². The molecule has 2 aromatic rings. The number of nitrogens with one attached hydrogen (secondary N) is 1. The van der Waals surface area contributed by atoms with E-state index in [1.807, 2.05) is 31.2 Å². The molecule has 0 aliphatic carbocycles. The number of carbonyl (C=O) groups excluding carboxylic acids is 1. The van der Waals surface area contributed by atoms with Gasteiger partial charge in [0, 0.05) is 18.6 Å². The van der Waals surface area contributed by atoms with Crippen molar-refractivity contribution in [3.05, 3.63) is 59.5 Å². The number of piperidine rings is 1. The fraction of sp³-hybridized carbons (Fsp3) is 0.450. The van der Waals surface area contributed by atoms with Crippen molar-refractivity contribution in [1.29, 1.82) is 0 Å². The van der Waals surface area contributed by atoms with Gasteiger partial charge in [0.25, 0.3) is 0 Å². The lowest BCUT2D eigenvalue weighted by molar-refractivity contribution is -0.121. The van der Waals surface area contributed by atoms with Gasteiger partial charge >= 0.3 is 0 Å². The lowest BCUT2D eigenvalue weighted by Gasteiger charge is -2.39. The second-order valence-electron chi connectivity index (χ2n) is 7.23. The molecule has 4 heteroatoms. The van der Waals surface area contributed by atoms with Crippen LogP contribution in [-0.2, 0) is 11.3 Å². The third kappa shape index (κ3) is 2.98. The van der Waals surface area contributed by atoms with Crippen LogP contribution < -0.4 is 5.32 Å². The van der Waals surface area contributed by atoms with E-state index < -0.39 is 0 Å². The van der Waals surface area contributed by atoms with Crippen molar-refractivity contribution in [2.24, 2.45) is 0 Å². The molecule has 0 radical (unpaired) electrons. The summed E-state index contributed by atoms with van der Waals surface area (Å²) in [5.41, 5.74) is 1.12. The first-order chi connectivity index (χ1) is 11.6. The van der Waals surface area contributed by atoms with E-state index in [9.17, 15) is 4.79 Å². The van der Waals surface area contributed by atoms with Crippen LogP contribution in [0, 0.1) is 6.92 Å². The topological polar surface area (TPSA) is 45.5 Å². The largest absolute Gasteiger partial charge is 0.465 e. The molecule has 4 nitrogen and oxygen atoms in total. The summed E-state index contributed by atoms with van der Waals surface area (Å²) in [7, 11) is 0. The molecule has 1 spiro atoms. The second-order valence-corrected chi connectivity index (χ2v) is 7.23. The SMILES string of the molecule is Cc1ccc(CN2CCC3(CC2)CC(c2ccccc2)C(=O)N3)o1. The maximum absolute atomic E-state index is 12.5. The van der Waals surface area contributed by atoms with Crippen LogP contribution in [0.15, 0.2) is 46.9 Å². The van der Waals surface area contributed by atoms with E-state index in [2.05, 4.69) is 28.4 Å². The molecule has 2 fully saturated rings. The molecule has 1 aromatic heterocycles. The molecule has 1 amide bonds. The number of hydrogen-bond acceptors (Lipinski definition) is 3. The number of furan rings is 1. The van der Waals surface area contributed by atoms with Crippen LogP contribution in [0.3, 0.4) is 0 Å². The molecule has 24 heavy (non-hydrogen) atoms. The van der Waals surface area contributed by atoms with Gasteiger partial charge < -0.3 is 9.73 Å². The van der Waals surface area contributed by atoms with Gasteiger partial charge in [-0.1, -0.05) is 30.3 Å². The van der Waals surface area contributed by atoms with E-state index in [-0.39, 0.29) is 17.4 Å². The van der Waals surface area contributed by atoms with Gasteiger partial charge in [-0.3, -0.25) is 9.69 Å². The summed E-state index contributed by atoms with van der Waals surface area (Å²) in [6.45, 7) is 4.84. The number of aryl methyl sites for hydroxylation is 1. The molecule has 1 aromatic carbocycles. The van der Waals surface area contributed by atoms with Crippen LogP contribution in [0.1, 0.15) is 42.3 Å². The van der Waals surface area contributed by atoms with Crippen molar-refractivity contribution in [3.63, 3.8) is 0 Å². The molecule has 3 heterocycles. The zero-order valence-corrected chi connectivity index (χ0v) is 14.1.